The molecule has 116 valence electrons. The maximum Gasteiger partial charge on any atom is 0.219 e. The number of aryl methyl sites for hydroxylation is 1. The van der Waals surface area contributed by atoms with Gasteiger partial charge in [0, 0.05) is 31.4 Å². The highest BCUT2D eigenvalue weighted by atomic mass is 16.5. The molecule has 3 rings (SSSR count). The van der Waals surface area contributed by atoms with E-state index in [1.807, 2.05) is 49.5 Å². The number of aromatic nitrogens is 1. The fourth-order valence-electron chi connectivity index (χ4n) is 2.74. The van der Waals surface area contributed by atoms with Gasteiger partial charge in [0.05, 0.1) is 6.10 Å². The van der Waals surface area contributed by atoms with E-state index in [2.05, 4.69) is 16.8 Å². The Kier molecular flexibility index (Phi) is 4.41. The SMILES string of the molecule is Cc1ccc(Oc2ccc(CN3CC[C@H](O)[C@@H]3C)cn2)cc1. The van der Waals surface area contributed by atoms with Crippen LogP contribution in [0.1, 0.15) is 24.5 Å². The highest BCUT2D eigenvalue weighted by Crippen LogP contribution is 2.22. The van der Waals surface area contributed by atoms with Crippen molar-refractivity contribution in [1.29, 1.82) is 0 Å². The maximum absolute atomic E-state index is 9.80. The fourth-order valence-corrected chi connectivity index (χ4v) is 2.74. The summed E-state index contributed by atoms with van der Waals surface area (Å²) in [6, 6.07) is 12.1. The highest BCUT2D eigenvalue weighted by molar-refractivity contribution is 5.30. The van der Waals surface area contributed by atoms with Gasteiger partial charge in [0.2, 0.25) is 5.88 Å². The molecule has 1 N–H and O–H groups in total. The Labute approximate surface area is 131 Å². The van der Waals surface area contributed by atoms with E-state index in [0.717, 1.165) is 30.8 Å². The highest BCUT2D eigenvalue weighted by Gasteiger charge is 2.28. The number of hydrogen-bond donors (Lipinski definition) is 1. The van der Waals surface area contributed by atoms with Crippen molar-refractivity contribution in [3.8, 4) is 11.6 Å². The summed E-state index contributed by atoms with van der Waals surface area (Å²) in [5.41, 5.74) is 2.34. The smallest absolute Gasteiger partial charge is 0.219 e. The standard InChI is InChI=1S/C18H22N2O2/c1-13-3-6-16(7-4-13)22-18-8-5-15(11-19-18)12-20-10-9-17(21)14(20)2/h3-8,11,14,17,21H,9-10,12H2,1-2H3/t14-,17-/m0/s1. The number of aliphatic hydroxyl groups excluding tert-OH is 1. The summed E-state index contributed by atoms with van der Waals surface area (Å²) in [7, 11) is 0. The lowest BCUT2D eigenvalue weighted by molar-refractivity contribution is 0.123. The van der Waals surface area contributed by atoms with Gasteiger partial charge in [0.15, 0.2) is 0 Å². The van der Waals surface area contributed by atoms with Gasteiger partial charge in [-0.2, -0.15) is 0 Å². The van der Waals surface area contributed by atoms with Gasteiger partial charge in [0.25, 0.3) is 0 Å². The summed E-state index contributed by atoms with van der Waals surface area (Å²) >= 11 is 0. The van der Waals surface area contributed by atoms with Crippen LogP contribution < -0.4 is 4.74 Å². The Morgan fingerprint density at radius 1 is 1.23 bits per heavy atom. The molecule has 0 saturated carbocycles. The molecule has 1 saturated heterocycles. The summed E-state index contributed by atoms with van der Waals surface area (Å²) in [5, 5.41) is 9.80. The molecule has 0 aliphatic carbocycles. The van der Waals surface area contributed by atoms with Crippen molar-refractivity contribution in [1.82, 2.24) is 9.88 Å². The van der Waals surface area contributed by atoms with E-state index in [4.69, 9.17) is 4.74 Å². The summed E-state index contributed by atoms with van der Waals surface area (Å²) in [6.45, 7) is 5.87. The van der Waals surface area contributed by atoms with Crippen LogP contribution in [0.3, 0.4) is 0 Å². The molecule has 1 aliphatic heterocycles. The first-order chi connectivity index (χ1) is 10.6. The van der Waals surface area contributed by atoms with Gasteiger partial charge >= 0.3 is 0 Å². The van der Waals surface area contributed by atoms with Gasteiger partial charge in [0.1, 0.15) is 5.75 Å². The lowest BCUT2D eigenvalue weighted by atomic mass is 10.2. The quantitative estimate of drug-likeness (QED) is 0.942. The van der Waals surface area contributed by atoms with Crippen LogP contribution in [-0.4, -0.2) is 33.7 Å². The van der Waals surface area contributed by atoms with E-state index in [0.29, 0.717) is 5.88 Å². The van der Waals surface area contributed by atoms with Crippen LogP contribution in [0.5, 0.6) is 11.6 Å². The molecule has 1 aliphatic rings. The number of aliphatic hydroxyl groups is 1. The van der Waals surface area contributed by atoms with E-state index in [1.54, 1.807) is 0 Å². The Hall–Kier alpha value is -1.91. The van der Waals surface area contributed by atoms with Gasteiger partial charge in [-0.15, -0.1) is 0 Å². The van der Waals surface area contributed by atoms with Gasteiger partial charge in [-0.25, -0.2) is 4.98 Å². The lowest BCUT2D eigenvalue weighted by Crippen LogP contribution is -2.31. The Morgan fingerprint density at radius 3 is 2.59 bits per heavy atom. The number of likely N-dealkylation sites (tertiary alicyclic amines) is 1. The molecule has 1 fully saturated rings. The third-order valence-electron chi connectivity index (χ3n) is 4.27. The Balaban J connectivity index is 1.61. The lowest BCUT2D eigenvalue weighted by Gasteiger charge is -2.22. The van der Waals surface area contributed by atoms with E-state index < -0.39 is 0 Å². The van der Waals surface area contributed by atoms with Crippen molar-refractivity contribution >= 4 is 0 Å². The molecule has 2 heterocycles. The predicted molar refractivity (Wildman–Crippen MR) is 86.0 cm³/mol. The van der Waals surface area contributed by atoms with Gasteiger partial charge in [-0.3, -0.25) is 4.90 Å². The molecule has 1 aromatic carbocycles. The molecular weight excluding hydrogens is 276 g/mol. The minimum atomic E-state index is -0.211. The topological polar surface area (TPSA) is 45.6 Å². The van der Waals surface area contributed by atoms with E-state index >= 15 is 0 Å². The van der Waals surface area contributed by atoms with Crippen LogP contribution in [0.4, 0.5) is 0 Å². The number of benzene rings is 1. The third-order valence-corrected chi connectivity index (χ3v) is 4.27. The predicted octanol–water partition coefficient (Wildman–Crippen LogP) is 3.14. The van der Waals surface area contributed by atoms with Crippen LogP contribution in [0.15, 0.2) is 42.6 Å². The fraction of sp³-hybridized carbons (Fsp3) is 0.389. The number of rotatable bonds is 4. The molecule has 1 aromatic heterocycles. The van der Waals surface area contributed by atoms with E-state index in [9.17, 15) is 5.11 Å². The molecule has 0 amide bonds. The zero-order valence-corrected chi connectivity index (χ0v) is 13.1. The first kappa shape index (κ1) is 15.0. The minimum Gasteiger partial charge on any atom is -0.439 e. The monoisotopic (exact) mass is 298 g/mol. The number of nitrogens with zero attached hydrogens (tertiary/aromatic N) is 2. The van der Waals surface area contributed by atoms with E-state index in [1.165, 1.54) is 5.56 Å². The van der Waals surface area contributed by atoms with Crippen LogP contribution in [-0.2, 0) is 6.54 Å². The van der Waals surface area contributed by atoms with Gasteiger partial charge < -0.3 is 9.84 Å². The van der Waals surface area contributed by atoms with Crippen LogP contribution in [0.25, 0.3) is 0 Å². The molecule has 2 atom stereocenters. The summed E-state index contributed by atoms with van der Waals surface area (Å²) < 4.78 is 5.73. The van der Waals surface area contributed by atoms with Crippen molar-refractivity contribution in [3.63, 3.8) is 0 Å². The molecule has 4 nitrogen and oxygen atoms in total. The van der Waals surface area contributed by atoms with Crippen LogP contribution in [0, 0.1) is 6.92 Å². The van der Waals surface area contributed by atoms with Crippen molar-refractivity contribution in [2.45, 2.75) is 39.0 Å². The molecule has 0 spiro atoms. The van der Waals surface area contributed by atoms with Crippen molar-refractivity contribution < 1.29 is 9.84 Å². The van der Waals surface area contributed by atoms with Gasteiger partial charge in [-0.05, 0) is 38.0 Å². The minimum absolute atomic E-state index is 0.211. The molecule has 0 radical (unpaired) electrons. The van der Waals surface area contributed by atoms with Crippen LogP contribution in [0.2, 0.25) is 0 Å². The number of hydrogen-bond acceptors (Lipinski definition) is 4. The summed E-state index contributed by atoms with van der Waals surface area (Å²) in [5.74, 6) is 1.39. The average Bonchev–Trinajstić information content (AvgIpc) is 2.84. The third kappa shape index (κ3) is 3.46. The Morgan fingerprint density at radius 2 is 2.00 bits per heavy atom. The van der Waals surface area contributed by atoms with Crippen molar-refractivity contribution in [2.75, 3.05) is 6.54 Å². The first-order valence-corrected chi connectivity index (χ1v) is 7.73. The summed E-state index contributed by atoms with van der Waals surface area (Å²) in [4.78, 5) is 6.65. The normalized spacial score (nSPS) is 22.0. The maximum atomic E-state index is 9.80. The van der Waals surface area contributed by atoms with Crippen LogP contribution >= 0.6 is 0 Å². The largest absolute Gasteiger partial charge is 0.439 e. The number of pyridine rings is 1. The van der Waals surface area contributed by atoms with E-state index in [-0.39, 0.29) is 12.1 Å². The molecular formula is C18H22N2O2. The number of ether oxygens (including phenoxy) is 1. The van der Waals surface area contributed by atoms with Crippen molar-refractivity contribution in [2.24, 2.45) is 0 Å². The molecule has 0 unspecified atom stereocenters. The van der Waals surface area contributed by atoms with Gasteiger partial charge in [-0.1, -0.05) is 23.8 Å². The zero-order valence-electron chi connectivity index (χ0n) is 13.1. The average molecular weight is 298 g/mol. The zero-order chi connectivity index (χ0) is 15.5. The van der Waals surface area contributed by atoms with Crippen molar-refractivity contribution in [3.05, 3.63) is 53.7 Å². The molecule has 2 aromatic rings. The second-order valence-electron chi connectivity index (χ2n) is 5.99. The second-order valence-corrected chi connectivity index (χ2v) is 5.99. The molecule has 22 heavy (non-hydrogen) atoms. The molecule has 0 bridgehead atoms. The second kappa shape index (κ2) is 6.46. The first-order valence-electron chi connectivity index (χ1n) is 7.73. The summed E-state index contributed by atoms with van der Waals surface area (Å²) in [6.07, 6.45) is 2.49. The Bertz CT molecular complexity index is 610. The molecule has 4 heteroatoms.